The topological polar surface area (TPSA) is 60.6 Å². The number of fused-ring (bicyclic) bond motifs is 1. The molecule has 1 aliphatic rings. The number of nitrogens with zero attached hydrogens (tertiary/aromatic N) is 3. The minimum Gasteiger partial charge on any atom is -0.497 e. The van der Waals surface area contributed by atoms with E-state index >= 15 is 0 Å². The van der Waals surface area contributed by atoms with Gasteiger partial charge >= 0.3 is 0 Å². The number of thiophene rings is 1. The van der Waals surface area contributed by atoms with Crippen molar-refractivity contribution in [2.75, 3.05) is 20.3 Å². The van der Waals surface area contributed by atoms with Gasteiger partial charge in [-0.15, -0.1) is 21.5 Å². The first-order valence-corrected chi connectivity index (χ1v) is 9.03. The highest BCUT2D eigenvalue weighted by molar-refractivity contribution is 7.13. The second kappa shape index (κ2) is 6.85. The second-order valence-electron chi connectivity index (χ2n) is 5.89. The van der Waals surface area contributed by atoms with Crippen molar-refractivity contribution in [2.45, 2.75) is 19.5 Å². The lowest BCUT2D eigenvalue weighted by molar-refractivity contribution is 0.159. The lowest BCUT2D eigenvalue weighted by Crippen LogP contribution is -2.29. The van der Waals surface area contributed by atoms with Gasteiger partial charge in [0.25, 0.3) is 5.89 Å². The maximum absolute atomic E-state index is 5.89. The Hall–Kier alpha value is -2.38. The highest BCUT2D eigenvalue weighted by atomic mass is 32.1. The van der Waals surface area contributed by atoms with Gasteiger partial charge in [-0.3, -0.25) is 4.90 Å². The van der Waals surface area contributed by atoms with Crippen molar-refractivity contribution in [2.24, 2.45) is 0 Å². The SMILES string of the molecule is COc1ccc2c(c1)OCCN(C(C)c1nnc(-c3cccs3)o1)C2. The Morgan fingerprint density at radius 2 is 2.20 bits per heavy atom. The number of benzene rings is 1. The molecule has 0 fully saturated rings. The van der Waals surface area contributed by atoms with Crippen LogP contribution in [-0.4, -0.2) is 35.4 Å². The van der Waals surface area contributed by atoms with E-state index in [4.69, 9.17) is 13.9 Å². The van der Waals surface area contributed by atoms with Crippen LogP contribution in [0.25, 0.3) is 10.8 Å². The molecule has 0 saturated heterocycles. The van der Waals surface area contributed by atoms with E-state index in [-0.39, 0.29) is 6.04 Å². The van der Waals surface area contributed by atoms with Crippen LogP contribution in [0.1, 0.15) is 24.4 Å². The number of hydrogen-bond acceptors (Lipinski definition) is 7. The molecular formula is C18H19N3O3S. The first kappa shape index (κ1) is 16.1. The zero-order chi connectivity index (χ0) is 17.2. The average Bonchev–Trinajstić information content (AvgIpc) is 3.28. The van der Waals surface area contributed by atoms with Gasteiger partial charge in [0.2, 0.25) is 5.89 Å². The summed E-state index contributed by atoms with van der Waals surface area (Å²) >= 11 is 1.59. The predicted octanol–water partition coefficient (Wildman–Crippen LogP) is 3.76. The van der Waals surface area contributed by atoms with Gasteiger partial charge < -0.3 is 13.9 Å². The van der Waals surface area contributed by atoms with Crippen LogP contribution in [0.4, 0.5) is 0 Å². The molecule has 1 atom stereocenters. The Bertz CT molecular complexity index is 847. The fourth-order valence-corrected chi connectivity index (χ4v) is 3.53. The molecule has 7 heteroatoms. The summed E-state index contributed by atoms with van der Waals surface area (Å²) < 4.78 is 17.1. The van der Waals surface area contributed by atoms with Crippen LogP contribution in [0, 0.1) is 0 Å². The Morgan fingerprint density at radius 1 is 1.28 bits per heavy atom. The Kier molecular flexibility index (Phi) is 4.42. The molecule has 6 nitrogen and oxygen atoms in total. The molecule has 4 rings (SSSR count). The predicted molar refractivity (Wildman–Crippen MR) is 94.9 cm³/mol. The summed E-state index contributed by atoms with van der Waals surface area (Å²) in [5, 5.41) is 10.4. The number of methoxy groups -OCH3 is 1. The van der Waals surface area contributed by atoms with Crippen molar-refractivity contribution in [3.8, 4) is 22.3 Å². The lowest BCUT2D eigenvalue weighted by Gasteiger charge is -2.24. The van der Waals surface area contributed by atoms with Crippen molar-refractivity contribution in [3.63, 3.8) is 0 Å². The third-order valence-corrected chi connectivity index (χ3v) is 5.22. The summed E-state index contributed by atoms with van der Waals surface area (Å²) in [4.78, 5) is 3.27. The summed E-state index contributed by atoms with van der Waals surface area (Å²) in [6, 6.07) is 9.91. The highest BCUT2D eigenvalue weighted by Crippen LogP contribution is 2.32. The molecule has 3 heterocycles. The Labute approximate surface area is 150 Å². The maximum atomic E-state index is 5.89. The van der Waals surface area contributed by atoms with E-state index in [1.807, 2.05) is 35.7 Å². The van der Waals surface area contributed by atoms with Crippen molar-refractivity contribution in [1.82, 2.24) is 15.1 Å². The number of ether oxygens (including phenoxy) is 2. The third-order valence-electron chi connectivity index (χ3n) is 4.36. The Morgan fingerprint density at radius 3 is 3.00 bits per heavy atom. The van der Waals surface area contributed by atoms with E-state index in [1.54, 1.807) is 18.4 Å². The van der Waals surface area contributed by atoms with E-state index in [1.165, 1.54) is 0 Å². The molecule has 130 valence electrons. The zero-order valence-electron chi connectivity index (χ0n) is 14.1. The molecule has 1 unspecified atom stereocenters. The Balaban J connectivity index is 1.54. The number of hydrogen-bond donors (Lipinski definition) is 0. The molecule has 1 aliphatic heterocycles. The van der Waals surface area contributed by atoms with Crippen LogP contribution < -0.4 is 9.47 Å². The molecule has 0 saturated carbocycles. The standard InChI is InChI=1S/C18H19N3O3S/c1-12(17-19-20-18(24-17)16-4-3-9-25-16)21-7-8-23-15-10-14(22-2)6-5-13(15)11-21/h3-6,9-10,12H,7-8,11H2,1-2H3. The molecular weight excluding hydrogens is 338 g/mol. The normalized spacial score (nSPS) is 15.9. The largest absolute Gasteiger partial charge is 0.497 e. The van der Waals surface area contributed by atoms with Crippen molar-refractivity contribution >= 4 is 11.3 Å². The number of rotatable bonds is 4. The summed E-state index contributed by atoms with van der Waals surface area (Å²) in [7, 11) is 1.66. The van der Waals surface area contributed by atoms with Gasteiger partial charge in [0.1, 0.15) is 18.1 Å². The summed E-state index contributed by atoms with van der Waals surface area (Å²) in [5.41, 5.74) is 1.13. The lowest BCUT2D eigenvalue weighted by atomic mass is 10.1. The summed E-state index contributed by atoms with van der Waals surface area (Å²) in [6.07, 6.45) is 0. The zero-order valence-corrected chi connectivity index (χ0v) is 15.0. The first-order valence-electron chi connectivity index (χ1n) is 8.15. The van der Waals surface area contributed by atoms with Gasteiger partial charge in [0.05, 0.1) is 18.0 Å². The molecule has 0 bridgehead atoms. The fourth-order valence-electron chi connectivity index (χ4n) is 2.89. The van der Waals surface area contributed by atoms with E-state index in [9.17, 15) is 0 Å². The van der Waals surface area contributed by atoms with E-state index < -0.39 is 0 Å². The highest BCUT2D eigenvalue weighted by Gasteiger charge is 2.25. The summed E-state index contributed by atoms with van der Waals surface area (Å²) in [5.74, 6) is 2.88. The molecule has 0 spiro atoms. The summed E-state index contributed by atoms with van der Waals surface area (Å²) in [6.45, 7) is 4.24. The smallest absolute Gasteiger partial charge is 0.257 e. The van der Waals surface area contributed by atoms with Crippen molar-refractivity contribution in [3.05, 3.63) is 47.2 Å². The van der Waals surface area contributed by atoms with E-state index in [2.05, 4.69) is 22.0 Å². The van der Waals surface area contributed by atoms with Crippen LogP contribution in [-0.2, 0) is 6.54 Å². The van der Waals surface area contributed by atoms with Gasteiger partial charge in [-0.1, -0.05) is 12.1 Å². The quantitative estimate of drug-likeness (QED) is 0.708. The molecule has 25 heavy (non-hydrogen) atoms. The van der Waals surface area contributed by atoms with Crippen LogP contribution >= 0.6 is 11.3 Å². The molecule has 3 aromatic rings. The van der Waals surface area contributed by atoms with Crippen LogP contribution in [0.5, 0.6) is 11.5 Å². The fraction of sp³-hybridized carbons (Fsp3) is 0.333. The maximum Gasteiger partial charge on any atom is 0.257 e. The monoisotopic (exact) mass is 357 g/mol. The molecule has 0 amide bonds. The van der Waals surface area contributed by atoms with Crippen LogP contribution in [0.15, 0.2) is 40.1 Å². The van der Waals surface area contributed by atoms with Gasteiger partial charge in [-0.05, 0) is 24.4 Å². The molecule has 2 aromatic heterocycles. The molecule has 0 radical (unpaired) electrons. The molecule has 0 aliphatic carbocycles. The third kappa shape index (κ3) is 3.25. The van der Waals surface area contributed by atoms with E-state index in [0.29, 0.717) is 18.4 Å². The van der Waals surface area contributed by atoms with Crippen LogP contribution in [0.2, 0.25) is 0 Å². The molecule has 0 N–H and O–H groups in total. The average molecular weight is 357 g/mol. The van der Waals surface area contributed by atoms with Gasteiger partial charge in [-0.2, -0.15) is 0 Å². The van der Waals surface area contributed by atoms with Crippen molar-refractivity contribution in [1.29, 1.82) is 0 Å². The van der Waals surface area contributed by atoms with Gasteiger partial charge in [-0.25, -0.2) is 0 Å². The van der Waals surface area contributed by atoms with Gasteiger partial charge in [0, 0.05) is 24.7 Å². The number of aromatic nitrogens is 2. The minimum absolute atomic E-state index is 0.0119. The van der Waals surface area contributed by atoms with E-state index in [0.717, 1.165) is 35.0 Å². The molecule has 1 aromatic carbocycles. The van der Waals surface area contributed by atoms with Gasteiger partial charge in [0.15, 0.2) is 0 Å². The first-order chi connectivity index (χ1) is 12.2. The van der Waals surface area contributed by atoms with Crippen molar-refractivity contribution < 1.29 is 13.9 Å². The van der Waals surface area contributed by atoms with Crippen LogP contribution in [0.3, 0.4) is 0 Å². The second-order valence-corrected chi connectivity index (χ2v) is 6.84. The minimum atomic E-state index is 0.0119.